The molecule has 3 aromatic rings. The van der Waals surface area contributed by atoms with Gasteiger partial charge < -0.3 is 10.1 Å². The lowest BCUT2D eigenvalue weighted by molar-refractivity contribution is 0.0947. The first-order valence-electron chi connectivity index (χ1n) is 10.3. The Morgan fingerprint density at radius 3 is 2.67 bits per heavy atom. The molecule has 1 aliphatic rings. The highest BCUT2D eigenvalue weighted by Crippen LogP contribution is 2.35. The standard InChI is InChI=1S/C24H25N3O2S/c28-23(21-11-6-13-26-24(21)30-20-9-4-5-10-20)27-16-19-12-14-25-22(15-19)29-17-18-7-2-1-3-8-18/h1-3,6-8,11-15,20H,4-5,9-10,16-17H2,(H,27,28). The van der Waals surface area contributed by atoms with Crippen molar-refractivity contribution in [3.05, 3.63) is 83.7 Å². The van der Waals surface area contributed by atoms with Gasteiger partial charge in [-0.3, -0.25) is 4.79 Å². The van der Waals surface area contributed by atoms with Gasteiger partial charge in [0.15, 0.2) is 0 Å². The molecule has 0 radical (unpaired) electrons. The summed E-state index contributed by atoms with van der Waals surface area (Å²) in [5.41, 5.74) is 2.67. The predicted octanol–water partition coefficient (Wildman–Crippen LogP) is 5.02. The number of hydrogen-bond donors (Lipinski definition) is 1. The number of thioether (sulfide) groups is 1. The van der Waals surface area contributed by atoms with Crippen molar-refractivity contribution in [1.82, 2.24) is 15.3 Å². The van der Waals surface area contributed by atoms with Crippen molar-refractivity contribution in [3.63, 3.8) is 0 Å². The predicted molar refractivity (Wildman–Crippen MR) is 119 cm³/mol. The molecule has 6 heteroatoms. The first-order chi connectivity index (χ1) is 14.8. The maximum atomic E-state index is 12.8. The largest absolute Gasteiger partial charge is 0.473 e. The number of amides is 1. The molecular weight excluding hydrogens is 394 g/mol. The van der Waals surface area contributed by atoms with E-state index < -0.39 is 0 Å². The van der Waals surface area contributed by atoms with Crippen molar-refractivity contribution in [2.24, 2.45) is 0 Å². The first-order valence-corrected chi connectivity index (χ1v) is 11.2. The Hall–Kier alpha value is -2.86. The summed E-state index contributed by atoms with van der Waals surface area (Å²) in [7, 11) is 0. The average Bonchev–Trinajstić information content (AvgIpc) is 3.31. The molecule has 0 saturated heterocycles. The summed E-state index contributed by atoms with van der Waals surface area (Å²) in [6, 6.07) is 17.4. The van der Waals surface area contributed by atoms with Gasteiger partial charge in [-0.15, -0.1) is 11.8 Å². The van der Waals surface area contributed by atoms with Gasteiger partial charge >= 0.3 is 0 Å². The molecule has 0 aliphatic heterocycles. The van der Waals surface area contributed by atoms with Gasteiger partial charge in [-0.2, -0.15) is 0 Å². The van der Waals surface area contributed by atoms with Crippen LogP contribution in [0.4, 0.5) is 0 Å². The number of nitrogens with one attached hydrogen (secondary N) is 1. The number of hydrogen-bond acceptors (Lipinski definition) is 5. The molecular formula is C24H25N3O2S. The van der Waals surface area contributed by atoms with Crippen LogP contribution in [0, 0.1) is 0 Å². The highest BCUT2D eigenvalue weighted by atomic mass is 32.2. The summed E-state index contributed by atoms with van der Waals surface area (Å²) in [5.74, 6) is 0.441. The number of carbonyl (C=O) groups excluding carboxylic acids is 1. The molecule has 1 aliphatic carbocycles. The topological polar surface area (TPSA) is 64.1 Å². The molecule has 0 spiro atoms. The average molecular weight is 420 g/mol. The molecule has 154 valence electrons. The van der Waals surface area contributed by atoms with Crippen LogP contribution in [-0.4, -0.2) is 21.1 Å². The Bertz CT molecular complexity index is 975. The molecule has 0 unspecified atom stereocenters. The maximum Gasteiger partial charge on any atom is 0.254 e. The van der Waals surface area contributed by atoms with Crippen LogP contribution in [0.15, 0.2) is 72.0 Å². The van der Waals surface area contributed by atoms with E-state index in [4.69, 9.17) is 4.74 Å². The highest BCUT2D eigenvalue weighted by molar-refractivity contribution is 7.99. The van der Waals surface area contributed by atoms with Crippen molar-refractivity contribution < 1.29 is 9.53 Å². The zero-order valence-electron chi connectivity index (χ0n) is 16.8. The zero-order chi connectivity index (χ0) is 20.6. The smallest absolute Gasteiger partial charge is 0.254 e. The van der Waals surface area contributed by atoms with E-state index in [9.17, 15) is 4.79 Å². The van der Waals surface area contributed by atoms with Crippen molar-refractivity contribution in [3.8, 4) is 5.88 Å². The van der Waals surface area contributed by atoms with Gasteiger partial charge in [0, 0.05) is 30.3 Å². The van der Waals surface area contributed by atoms with Crippen molar-refractivity contribution >= 4 is 17.7 Å². The van der Waals surface area contributed by atoms with Crippen LogP contribution < -0.4 is 10.1 Å². The minimum atomic E-state index is -0.104. The van der Waals surface area contributed by atoms with Gasteiger partial charge in [-0.05, 0) is 42.2 Å². The fraction of sp³-hybridized carbons (Fsp3) is 0.292. The van der Waals surface area contributed by atoms with E-state index in [2.05, 4.69) is 15.3 Å². The Kier molecular flexibility index (Phi) is 6.98. The van der Waals surface area contributed by atoms with Crippen LogP contribution in [0.1, 0.15) is 47.2 Å². The zero-order valence-corrected chi connectivity index (χ0v) is 17.6. The van der Waals surface area contributed by atoms with E-state index in [-0.39, 0.29) is 5.91 Å². The molecule has 2 heterocycles. The van der Waals surface area contributed by atoms with Crippen LogP contribution in [0.25, 0.3) is 0 Å². The molecule has 1 saturated carbocycles. The van der Waals surface area contributed by atoms with E-state index in [0.29, 0.717) is 29.8 Å². The molecule has 1 aromatic carbocycles. The summed E-state index contributed by atoms with van der Waals surface area (Å²) in [5, 5.41) is 4.39. The van der Waals surface area contributed by atoms with Crippen molar-refractivity contribution in [2.75, 3.05) is 0 Å². The van der Waals surface area contributed by atoms with E-state index >= 15 is 0 Å². The number of carbonyl (C=O) groups is 1. The van der Waals surface area contributed by atoms with Crippen LogP contribution in [0.2, 0.25) is 0 Å². The van der Waals surface area contributed by atoms with Crippen molar-refractivity contribution in [1.29, 1.82) is 0 Å². The molecule has 1 fully saturated rings. The van der Waals surface area contributed by atoms with Crippen LogP contribution >= 0.6 is 11.8 Å². The van der Waals surface area contributed by atoms with Gasteiger partial charge in [0.05, 0.1) is 5.56 Å². The lowest BCUT2D eigenvalue weighted by atomic mass is 10.2. The van der Waals surface area contributed by atoms with Gasteiger partial charge in [-0.25, -0.2) is 9.97 Å². The van der Waals surface area contributed by atoms with Gasteiger partial charge in [0.1, 0.15) is 11.6 Å². The summed E-state index contributed by atoms with van der Waals surface area (Å²) >= 11 is 1.73. The highest BCUT2D eigenvalue weighted by Gasteiger charge is 2.20. The normalized spacial score (nSPS) is 13.9. The number of pyridine rings is 2. The van der Waals surface area contributed by atoms with Crippen LogP contribution in [-0.2, 0) is 13.2 Å². The summed E-state index contributed by atoms with van der Waals surface area (Å²) in [6.45, 7) is 0.868. The third-order valence-electron chi connectivity index (χ3n) is 5.08. The molecule has 0 bridgehead atoms. The molecule has 1 N–H and O–H groups in total. The Morgan fingerprint density at radius 2 is 1.83 bits per heavy atom. The summed E-state index contributed by atoms with van der Waals surface area (Å²) < 4.78 is 5.78. The minimum absolute atomic E-state index is 0.104. The summed E-state index contributed by atoms with van der Waals surface area (Å²) in [6.07, 6.45) is 8.39. The molecule has 4 rings (SSSR count). The lowest BCUT2D eigenvalue weighted by Crippen LogP contribution is -2.24. The van der Waals surface area contributed by atoms with Gasteiger partial charge in [0.25, 0.3) is 5.91 Å². The quantitative estimate of drug-likeness (QED) is 0.555. The fourth-order valence-electron chi connectivity index (χ4n) is 3.47. The molecule has 0 atom stereocenters. The number of ether oxygens (including phenoxy) is 1. The molecule has 1 amide bonds. The van der Waals surface area contributed by atoms with E-state index in [1.807, 2.05) is 54.6 Å². The second kappa shape index (κ2) is 10.3. The lowest BCUT2D eigenvalue weighted by Gasteiger charge is -2.12. The third kappa shape index (κ3) is 5.60. The maximum absolute atomic E-state index is 12.8. The number of aromatic nitrogens is 2. The number of rotatable bonds is 8. The molecule has 30 heavy (non-hydrogen) atoms. The van der Waals surface area contributed by atoms with Crippen molar-refractivity contribution in [2.45, 2.75) is 49.1 Å². The fourth-order valence-corrected chi connectivity index (χ4v) is 4.76. The van der Waals surface area contributed by atoms with Gasteiger partial charge in [-0.1, -0.05) is 43.2 Å². The number of nitrogens with zero attached hydrogens (tertiary/aromatic N) is 2. The Morgan fingerprint density at radius 1 is 1.00 bits per heavy atom. The minimum Gasteiger partial charge on any atom is -0.473 e. The second-order valence-electron chi connectivity index (χ2n) is 7.34. The van der Waals surface area contributed by atoms with E-state index in [0.717, 1.165) is 16.2 Å². The van der Waals surface area contributed by atoms with E-state index in [1.54, 1.807) is 24.2 Å². The van der Waals surface area contributed by atoms with Crippen LogP contribution in [0.3, 0.4) is 0 Å². The number of benzene rings is 1. The van der Waals surface area contributed by atoms with Crippen LogP contribution in [0.5, 0.6) is 5.88 Å². The van der Waals surface area contributed by atoms with E-state index in [1.165, 1.54) is 25.7 Å². The Balaban J connectivity index is 1.35. The first kappa shape index (κ1) is 20.4. The SMILES string of the molecule is O=C(NCc1ccnc(OCc2ccccc2)c1)c1cccnc1SC1CCCC1. The molecule has 2 aromatic heterocycles. The molecule has 5 nitrogen and oxygen atoms in total. The third-order valence-corrected chi connectivity index (χ3v) is 6.43. The Labute approximate surface area is 181 Å². The second-order valence-corrected chi connectivity index (χ2v) is 8.63. The van der Waals surface area contributed by atoms with Gasteiger partial charge in [0.2, 0.25) is 5.88 Å². The summed E-state index contributed by atoms with van der Waals surface area (Å²) in [4.78, 5) is 21.5. The monoisotopic (exact) mass is 419 g/mol.